The van der Waals surface area contributed by atoms with Crippen LogP contribution in [0.25, 0.3) is 0 Å². The van der Waals surface area contributed by atoms with Gasteiger partial charge in [0, 0.05) is 18.6 Å². The van der Waals surface area contributed by atoms with E-state index in [2.05, 4.69) is 0 Å². The molecule has 1 aliphatic rings. The number of hydrogen-bond acceptors (Lipinski definition) is 3. The van der Waals surface area contributed by atoms with E-state index in [4.69, 9.17) is 9.47 Å². The Morgan fingerprint density at radius 1 is 1.35 bits per heavy atom. The molecule has 0 aromatic heterocycles. The number of carbonyl (C=O) groups excluding carboxylic acids is 1. The van der Waals surface area contributed by atoms with Crippen molar-refractivity contribution < 1.29 is 14.3 Å². The number of carbonyl (C=O) groups is 1. The van der Waals surface area contributed by atoms with Gasteiger partial charge in [0.2, 0.25) is 0 Å². The van der Waals surface area contributed by atoms with Gasteiger partial charge in [-0.1, -0.05) is 30.3 Å². The van der Waals surface area contributed by atoms with Gasteiger partial charge in [0.05, 0.1) is 19.3 Å². The predicted molar refractivity (Wildman–Crippen MR) is 65.2 cm³/mol. The molecule has 0 spiro atoms. The second kappa shape index (κ2) is 6.52. The summed E-state index contributed by atoms with van der Waals surface area (Å²) in [6.07, 6.45) is 2.88. The van der Waals surface area contributed by atoms with Gasteiger partial charge >= 0.3 is 0 Å². The van der Waals surface area contributed by atoms with Crippen LogP contribution in [0.5, 0.6) is 0 Å². The van der Waals surface area contributed by atoms with E-state index < -0.39 is 0 Å². The first-order valence-electron chi connectivity index (χ1n) is 6.14. The van der Waals surface area contributed by atoms with Crippen LogP contribution in [0.15, 0.2) is 30.3 Å². The normalized spacial score (nSPS) is 19.4. The molecule has 0 N–H and O–H groups in total. The Hall–Kier alpha value is -1.19. The van der Waals surface area contributed by atoms with Crippen molar-refractivity contribution in [1.29, 1.82) is 0 Å². The highest BCUT2D eigenvalue weighted by molar-refractivity contribution is 5.96. The Bertz CT molecular complexity index is 342. The first-order valence-corrected chi connectivity index (χ1v) is 6.14. The highest BCUT2D eigenvalue weighted by Crippen LogP contribution is 2.12. The Morgan fingerprint density at radius 3 is 2.88 bits per heavy atom. The third-order valence-electron chi connectivity index (χ3n) is 2.90. The summed E-state index contributed by atoms with van der Waals surface area (Å²) < 4.78 is 10.9. The van der Waals surface area contributed by atoms with E-state index in [-0.39, 0.29) is 11.9 Å². The lowest BCUT2D eigenvalue weighted by atomic mass is 10.1. The summed E-state index contributed by atoms with van der Waals surface area (Å²) in [5, 5.41) is 0. The van der Waals surface area contributed by atoms with Crippen molar-refractivity contribution in [3.05, 3.63) is 35.9 Å². The molecule has 1 unspecified atom stereocenters. The summed E-state index contributed by atoms with van der Waals surface area (Å²) in [5.74, 6) is 0.137. The summed E-state index contributed by atoms with van der Waals surface area (Å²) in [4.78, 5) is 11.7. The molecule has 1 fully saturated rings. The lowest BCUT2D eigenvalue weighted by Gasteiger charge is -2.09. The van der Waals surface area contributed by atoms with Crippen molar-refractivity contribution in [3.63, 3.8) is 0 Å². The van der Waals surface area contributed by atoms with Crippen molar-refractivity contribution >= 4 is 5.78 Å². The van der Waals surface area contributed by atoms with Crippen LogP contribution in [-0.2, 0) is 9.47 Å². The molecule has 0 saturated carbocycles. The van der Waals surface area contributed by atoms with Crippen molar-refractivity contribution in [3.8, 4) is 0 Å². The molecule has 0 amide bonds. The van der Waals surface area contributed by atoms with Crippen LogP contribution in [-0.4, -0.2) is 31.7 Å². The number of rotatable bonds is 6. The average molecular weight is 234 g/mol. The maximum atomic E-state index is 11.7. The summed E-state index contributed by atoms with van der Waals surface area (Å²) in [5.41, 5.74) is 0.758. The summed E-state index contributed by atoms with van der Waals surface area (Å²) in [6.45, 7) is 1.94. The molecule has 1 aromatic rings. The zero-order valence-corrected chi connectivity index (χ0v) is 9.93. The molecule has 1 heterocycles. The fourth-order valence-corrected chi connectivity index (χ4v) is 1.92. The van der Waals surface area contributed by atoms with Crippen LogP contribution in [0.1, 0.15) is 29.6 Å². The topological polar surface area (TPSA) is 35.5 Å². The van der Waals surface area contributed by atoms with E-state index >= 15 is 0 Å². The Kier molecular flexibility index (Phi) is 4.71. The summed E-state index contributed by atoms with van der Waals surface area (Å²) in [7, 11) is 0. The summed E-state index contributed by atoms with van der Waals surface area (Å²) >= 11 is 0. The van der Waals surface area contributed by atoms with Gasteiger partial charge in [0.25, 0.3) is 0 Å². The molecular formula is C14H18O3. The van der Waals surface area contributed by atoms with E-state index in [0.717, 1.165) is 25.0 Å². The zero-order chi connectivity index (χ0) is 11.9. The van der Waals surface area contributed by atoms with Crippen LogP contribution < -0.4 is 0 Å². The van der Waals surface area contributed by atoms with Crippen LogP contribution in [0.4, 0.5) is 0 Å². The average Bonchev–Trinajstić information content (AvgIpc) is 2.88. The van der Waals surface area contributed by atoms with Crippen molar-refractivity contribution in [2.24, 2.45) is 0 Å². The highest BCUT2D eigenvalue weighted by atomic mass is 16.5. The predicted octanol–water partition coefficient (Wildman–Crippen LogP) is 2.46. The van der Waals surface area contributed by atoms with Gasteiger partial charge < -0.3 is 9.47 Å². The molecule has 1 aromatic carbocycles. The minimum atomic E-state index is 0.137. The van der Waals surface area contributed by atoms with E-state index in [1.54, 1.807) is 0 Å². The van der Waals surface area contributed by atoms with Crippen LogP contribution in [0.3, 0.4) is 0 Å². The molecule has 1 aliphatic heterocycles. The number of benzene rings is 1. The van der Waals surface area contributed by atoms with Crippen LogP contribution in [0.2, 0.25) is 0 Å². The molecule has 2 rings (SSSR count). The lowest BCUT2D eigenvalue weighted by Crippen LogP contribution is -2.15. The fourth-order valence-electron chi connectivity index (χ4n) is 1.92. The Labute approximate surface area is 102 Å². The largest absolute Gasteiger partial charge is 0.378 e. The number of Topliss-reactive ketones (excluding diaryl/α,β-unsaturated/α-hetero) is 1. The van der Waals surface area contributed by atoms with Gasteiger partial charge in [-0.25, -0.2) is 0 Å². The van der Waals surface area contributed by atoms with E-state index in [1.165, 1.54) is 0 Å². The first-order chi connectivity index (χ1) is 8.36. The van der Waals surface area contributed by atoms with Gasteiger partial charge in [-0.05, 0) is 12.8 Å². The molecule has 1 atom stereocenters. The van der Waals surface area contributed by atoms with Crippen molar-refractivity contribution in [2.75, 3.05) is 19.8 Å². The van der Waals surface area contributed by atoms with Gasteiger partial charge in [0.1, 0.15) is 0 Å². The number of hydrogen-bond donors (Lipinski definition) is 0. The second-order valence-corrected chi connectivity index (χ2v) is 4.25. The van der Waals surface area contributed by atoms with Crippen LogP contribution in [0, 0.1) is 0 Å². The maximum Gasteiger partial charge on any atom is 0.165 e. The fraction of sp³-hybridized carbons (Fsp3) is 0.500. The maximum absolute atomic E-state index is 11.7. The standard InChI is InChI=1S/C14H18O3/c15-14(12-5-2-1-3-6-12)8-10-16-11-13-7-4-9-17-13/h1-3,5-6,13H,4,7-11H2. The highest BCUT2D eigenvalue weighted by Gasteiger charge is 2.15. The van der Waals surface area contributed by atoms with E-state index in [1.807, 2.05) is 30.3 Å². The molecule has 0 aliphatic carbocycles. The molecule has 3 heteroatoms. The van der Waals surface area contributed by atoms with Gasteiger partial charge in [0.15, 0.2) is 5.78 Å². The zero-order valence-electron chi connectivity index (χ0n) is 9.93. The minimum absolute atomic E-state index is 0.137. The number of ether oxygens (including phenoxy) is 2. The monoisotopic (exact) mass is 234 g/mol. The minimum Gasteiger partial charge on any atom is -0.378 e. The Morgan fingerprint density at radius 2 is 2.18 bits per heavy atom. The smallest absolute Gasteiger partial charge is 0.165 e. The third kappa shape index (κ3) is 3.95. The Balaban J connectivity index is 1.63. The van der Waals surface area contributed by atoms with Crippen molar-refractivity contribution in [1.82, 2.24) is 0 Å². The molecular weight excluding hydrogens is 216 g/mol. The molecule has 0 radical (unpaired) electrons. The molecule has 3 nitrogen and oxygen atoms in total. The first kappa shape index (κ1) is 12.3. The summed E-state index contributed by atoms with van der Waals surface area (Å²) in [6, 6.07) is 9.33. The lowest BCUT2D eigenvalue weighted by molar-refractivity contribution is 0.0168. The van der Waals surface area contributed by atoms with Crippen molar-refractivity contribution in [2.45, 2.75) is 25.4 Å². The van der Waals surface area contributed by atoms with E-state index in [0.29, 0.717) is 19.6 Å². The number of ketones is 1. The molecule has 17 heavy (non-hydrogen) atoms. The molecule has 92 valence electrons. The second-order valence-electron chi connectivity index (χ2n) is 4.25. The quantitative estimate of drug-likeness (QED) is 0.560. The van der Waals surface area contributed by atoms with E-state index in [9.17, 15) is 4.79 Å². The molecule has 0 bridgehead atoms. The van der Waals surface area contributed by atoms with Gasteiger partial charge in [-0.3, -0.25) is 4.79 Å². The van der Waals surface area contributed by atoms with Crippen LogP contribution >= 0.6 is 0 Å². The van der Waals surface area contributed by atoms with Gasteiger partial charge in [-0.2, -0.15) is 0 Å². The SMILES string of the molecule is O=C(CCOCC1CCCO1)c1ccccc1. The third-order valence-corrected chi connectivity index (χ3v) is 2.90. The molecule has 1 saturated heterocycles. The van der Waals surface area contributed by atoms with Gasteiger partial charge in [-0.15, -0.1) is 0 Å².